The van der Waals surface area contributed by atoms with Crippen molar-refractivity contribution < 1.29 is 4.79 Å². The highest BCUT2D eigenvalue weighted by molar-refractivity contribution is 5.80. The van der Waals surface area contributed by atoms with Crippen LogP contribution in [0.25, 0.3) is 22.2 Å². The normalized spacial score (nSPS) is 16.7. The van der Waals surface area contributed by atoms with Crippen molar-refractivity contribution >= 4 is 16.9 Å². The summed E-state index contributed by atoms with van der Waals surface area (Å²) in [6.45, 7) is 1.58. The molecule has 4 heterocycles. The van der Waals surface area contributed by atoms with Crippen LogP contribution in [0.3, 0.4) is 0 Å². The highest BCUT2D eigenvalue weighted by atomic mass is 16.2. The maximum Gasteiger partial charge on any atom is 0.244 e. The molecule has 4 aromatic rings. The molecule has 1 aliphatic rings. The zero-order valence-corrected chi connectivity index (χ0v) is 16.4. The van der Waals surface area contributed by atoms with Gasteiger partial charge in [-0.1, -0.05) is 17.3 Å². The topological polar surface area (TPSA) is 89.7 Å². The minimum Gasteiger partial charge on any atom is -0.340 e. The lowest BCUT2D eigenvalue weighted by molar-refractivity contribution is -0.133. The fourth-order valence-corrected chi connectivity index (χ4v) is 4.11. The summed E-state index contributed by atoms with van der Waals surface area (Å²) in [5, 5.41) is 8.30. The van der Waals surface area contributed by atoms with E-state index >= 15 is 0 Å². The Morgan fingerprint density at radius 3 is 2.87 bits per heavy atom. The number of para-hydroxylation sites is 1. The molecule has 150 valence electrons. The number of likely N-dealkylation sites (tertiary alicyclic amines) is 1. The highest BCUT2D eigenvalue weighted by Crippen LogP contribution is 2.32. The second-order valence-electron chi connectivity index (χ2n) is 7.47. The van der Waals surface area contributed by atoms with Gasteiger partial charge in [0.15, 0.2) is 0 Å². The van der Waals surface area contributed by atoms with Gasteiger partial charge in [-0.25, -0.2) is 14.6 Å². The van der Waals surface area contributed by atoms with Crippen molar-refractivity contribution in [3.8, 4) is 11.1 Å². The summed E-state index contributed by atoms with van der Waals surface area (Å²) in [4.78, 5) is 27.9. The molecule has 0 N–H and O–H groups in total. The van der Waals surface area contributed by atoms with Crippen LogP contribution in [0.1, 0.15) is 24.5 Å². The SMILES string of the molecule is O=C(Cn1nnc2ccccc21)N1CCC[C@H](c2ncncc2-c2ccncc2)C1. The first kappa shape index (κ1) is 18.4. The van der Waals surface area contributed by atoms with Gasteiger partial charge in [-0.15, -0.1) is 5.10 Å². The standard InChI is InChI=1S/C22H21N7O/c30-21(14-29-20-6-2-1-5-19(20)26-27-29)28-11-3-4-17(13-28)22-18(12-24-15-25-22)16-7-9-23-10-8-16/h1-2,5-10,12,15,17H,3-4,11,13-14H2/t17-/m0/s1. The van der Waals surface area contributed by atoms with E-state index in [-0.39, 0.29) is 18.4 Å². The summed E-state index contributed by atoms with van der Waals surface area (Å²) in [5.41, 5.74) is 4.69. The van der Waals surface area contributed by atoms with Gasteiger partial charge in [0.2, 0.25) is 5.91 Å². The minimum atomic E-state index is 0.0508. The number of fused-ring (bicyclic) bond motifs is 1. The van der Waals surface area contributed by atoms with Gasteiger partial charge in [0.1, 0.15) is 18.4 Å². The van der Waals surface area contributed by atoms with Crippen LogP contribution in [0.15, 0.2) is 61.3 Å². The third kappa shape index (κ3) is 3.52. The predicted molar refractivity (Wildman–Crippen MR) is 111 cm³/mol. The van der Waals surface area contributed by atoms with Crippen LogP contribution in [0, 0.1) is 0 Å². The Balaban J connectivity index is 1.36. The molecule has 1 atom stereocenters. The largest absolute Gasteiger partial charge is 0.340 e. The molecule has 0 unspecified atom stereocenters. The van der Waals surface area contributed by atoms with Gasteiger partial charge >= 0.3 is 0 Å². The Bertz CT molecular complexity index is 1170. The Morgan fingerprint density at radius 2 is 1.97 bits per heavy atom. The number of pyridine rings is 1. The lowest BCUT2D eigenvalue weighted by Crippen LogP contribution is -2.41. The van der Waals surface area contributed by atoms with Crippen molar-refractivity contribution in [2.75, 3.05) is 13.1 Å². The molecule has 5 rings (SSSR count). The molecule has 1 fully saturated rings. The number of hydrogen-bond donors (Lipinski definition) is 0. The van der Waals surface area contributed by atoms with Crippen LogP contribution in [-0.4, -0.2) is 53.8 Å². The maximum absolute atomic E-state index is 13.0. The van der Waals surface area contributed by atoms with E-state index in [9.17, 15) is 4.79 Å². The number of amides is 1. The van der Waals surface area contributed by atoms with E-state index in [1.807, 2.05) is 47.5 Å². The van der Waals surface area contributed by atoms with Crippen LogP contribution in [-0.2, 0) is 11.3 Å². The van der Waals surface area contributed by atoms with E-state index in [1.165, 1.54) is 0 Å². The van der Waals surface area contributed by atoms with E-state index in [2.05, 4.69) is 25.3 Å². The molecule has 3 aromatic heterocycles. The van der Waals surface area contributed by atoms with Crippen LogP contribution in [0.4, 0.5) is 0 Å². The van der Waals surface area contributed by atoms with E-state index < -0.39 is 0 Å². The molecule has 30 heavy (non-hydrogen) atoms. The summed E-state index contributed by atoms with van der Waals surface area (Å²) < 4.78 is 1.67. The molecular weight excluding hydrogens is 378 g/mol. The van der Waals surface area contributed by atoms with Gasteiger partial charge in [-0.2, -0.15) is 0 Å². The second kappa shape index (κ2) is 7.98. The van der Waals surface area contributed by atoms with Gasteiger partial charge < -0.3 is 4.90 Å². The zero-order chi connectivity index (χ0) is 20.3. The molecule has 8 heteroatoms. The van der Waals surface area contributed by atoms with Gasteiger partial charge in [0.05, 0.1) is 11.2 Å². The number of hydrogen-bond acceptors (Lipinski definition) is 6. The van der Waals surface area contributed by atoms with Crippen LogP contribution >= 0.6 is 0 Å². The average Bonchev–Trinajstić information content (AvgIpc) is 3.22. The van der Waals surface area contributed by atoms with Crippen molar-refractivity contribution in [3.63, 3.8) is 0 Å². The van der Waals surface area contributed by atoms with E-state index in [4.69, 9.17) is 0 Å². The van der Waals surface area contributed by atoms with Gasteiger partial charge in [0, 0.05) is 43.2 Å². The average molecular weight is 399 g/mol. The van der Waals surface area contributed by atoms with Crippen LogP contribution in [0.2, 0.25) is 0 Å². The van der Waals surface area contributed by atoms with Crippen molar-refractivity contribution in [2.45, 2.75) is 25.3 Å². The molecule has 8 nitrogen and oxygen atoms in total. The fraction of sp³-hybridized carbons (Fsp3) is 0.273. The van der Waals surface area contributed by atoms with Crippen molar-refractivity contribution in [1.29, 1.82) is 0 Å². The summed E-state index contributed by atoms with van der Waals surface area (Å²) in [6.07, 6.45) is 8.90. The number of nitrogens with zero attached hydrogens (tertiary/aromatic N) is 7. The monoisotopic (exact) mass is 399 g/mol. The van der Waals surface area contributed by atoms with Gasteiger partial charge in [-0.3, -0.25) is 9.78 Å². The third-order valence-electron chi connectivity index (χ3n) is 5.60. The first-order valence-corrected chi connectivity index (χ1v) is 10.1. The van der Waals surface area contributed by atoms with Gasteiger partial charge in [0.25, 0.3) is 0 Å². The highest BCUT2D eigenvalue weighted by Gasteiger charge is 2.28. The van der Waals surface area contributed by atoms with Gasteiger partial charge in [-0.05, 0) is 42.7 Å². The smallest absolute Gasteiger partial charge is 0.244 e. The lowest BCUT2D eigenvalue weighted by atomic mass is 9.90. The fourth-order valence-electron chi connectivity index (χ4n) is 4.11. The minimum absolute atomic E-state index is 0.0508. The molecule has 1 aromatic carbocycles. The number of aromatic nitrogens is 6. The lowest BCUT2D eigenvalue weighted by Gasteiger charge is -2.33. The summed E-state index contributed by atoms with van der Waals surface area (Å²) in [6, 6.07) is 11.6. The van der Waals surface area contributed by atoms with Crippen molar-refractivity contribution in [2.24, 2.45) is 0 Å². The summed E-state index contributed by atoms with van der Waals surface area (Å²) in [5.74, 6) is 0.219. The van der Waals surface area contributed by atoms with Crippen molar-refractivity contribution in [1.82, 2.24) is 34.8 Å². The third-order valence-corrected chi connectivity index (χ3v) is 5.60. The van der Waals surface area contributed by atoms with Crippen LogP contribution < -0.4 is 0 Å². The first-order chi connectivity index (χ1) is 14.8. The molecular formula is C22H21N7O. The number of piperidine rings is 1. The summed E-state index contributed by atoms with van der Waals surface area (Å²) in [7, 11) is 0. The molecule has 0 radical (unpaired) electrons. The van der Waals surface area contributed by atoms with Crippen LogP contribution in [0.5, 0.6) is 0 Å². The zero-order valence-electron chi connectivity index (χ0n) is 16.4. The van der Waals surface area contributed by atoms with E-state index in [0.717, 1.165) is 47.2 Å². The van der Waals surface area contributed by atoms with E-state index in [0.29, 0.717) is 6.54 Å². The molecule has 0 spiro atoms. The van der Waals surface area contributed by atoms with E-state index in [1.54, 1.807) is 23.4 Å². The molecule has 1 aliphatic heterocycles. The number of benzene rings is 1. The first-order valence-electron chi connectivity index (χ1n) is 10.1. The molecule has 1 amide bonds. The predicted octanol–water partition coefficient (Wildman–Crippen LogP) is 2.69. The molecule has 0 aliphatic carbocycles. The maximum atomic E-state index is 13.0. The Kier molecular flexibility index (Phi) is 4.88. The Morgan fingerprint density at radius 1 is 1.10 bits per heavy atom. The summed E-state index contributed by atoms with van der Waals surface area (Å²) >= 11 is 0. The Hall–Kier alpha value is -3.68. The number of carbonyl (C=O) groups is 1. The second-order valence-corrected chi connectivity index (χ2v) is 7.47. The van der Waals surface area contributed by atoms with Crippen molar-refractivity contribution in [3.05, 3.63) is 67.0 Å². The Labute approximate surface area is 173 Å². The molecule has 0 saturated carbocycles. The molecule has 0 bridgehead atoms. The number of rotatable bonds is 4. The molecule has 1 saturated heterocycles. The quantitative estimate of drug-likeness (QED) is 0.524. The number of carbonyl (C=O) groups excluding carboxylic acids is 1.